The minimum atomic E-state index is -1.18. The number of benzene rings is 1. The lowest BCUT2D eigenvalue weighted by molar-refractivity contribution is -0.166. The second-order valence-corrected chi connectivity index (χ2v) is 7.44. The molecule has 150 valence electrons. The van der Waals surface area contributed by atoms with Gasteiger partial charge in [-0.05, 0) is 42.5 Å². The lowest BCUT2D eigenvalue weighted by Crippen LogP contribution is -2.68. The van der Waals surface area contributed by atoms with Gasteiger partial charge in [-0.1, -0.05) is 30.3 Å². The van der Waals surface area contributed by atoms with Crippen LogP contribution in [0.3, 0.4) is 0 Å². The van der Waals surface area contributed by atoms with Gasteiger partial charge in [0.1, 0.15) is 5.82 Å². The summed E-state index contributed by atoms with van der Waals surface area (Å²) in [4.78, 5) is 44.2. The van der Waals surface area contributed by atoms with E-state index in [2.05, 4.69) is 4.98 Å². The number of hydrogen-bond donors (Lipinski definition) is 2. The van der Waals surface area contributed by atoms with Crippen LogP contribution < -0.4 is 5.73 Å². The van der Waals surface area contributed by atoms with Crippen LogP contribution in [-0.2, 0) is 16.0 Å². The lowest BCUT2D eigenvalue weighted by Gasteiger charge is -2.45. The predicted octanol–water partition coefficient (Wildman–Crippen LogP) is 2.08. The molecule has 3 heterocycles. The van der Waals surface area contributed by atoms with Gasteiger partial charge in [-0.15, -0.1) is 0 Å². The van der Waals surface area contributed by atoms with Crippen LogP contribution in [0.25, 0.3) is 0 Å². The number of likely N-dealkylation sites (tertiary alicyclic amines) is 2. The number of aromatic nitrogens is 1. The second kappa shape index (κ2) is 7.54. The monoisotopic (exact) mass is 394 g/mol. The highest BCUT2D eigenvalue weighted by atomic mass is 16.4. The lowest BCUT2D eigenvalue weighted by atomic mass is 9.82. The third-order valence-electron chi connectivity index (χ3n) is 5.66. The van der Waals surface area contributed by atoms with Crippen molar-refractivity contribution in [3.05, 3.63) is 59.8 Å². The van der Waals surface area contributed by atoms with Crippen LogP contribution in [0.15, 0.2) is 48.7 Å². The molecule has 0 aliphatic carbocycles. The molecule has 0 saturated carbocycles. The van der Waals surface area contributed by atoms with E-state index in [0.29, 0.717) is 12.4 Å². The first-order valence-electron chi connectivity index (χ1n) is 9.59. The quantitative estimate of drug-likeness (QED) is 0.767. The van der Waals surface area contributed by atoms with Gasteiger partial charge in [0.2, 0.25) is 5.91 Å². The molecule has 1 aromatic carbocycles. The number of pyridine rings is 1. The Kier molecular flexibility index (Phi) is 4.92. The third-order valence-corrected chi connectivity index (χ3v) is 5.66. The van der Waals surface area contributed by atoms with Crippen molar-refractivity contribution in [3.8, 4) is 0 Å². The number of imide groups is 1. The molecule has 2 saturated heterocycles. The smallest absolute Gasteiger partial charge is 0.328 e. The molecular weight excluding hydrogens is 372 g/mol. The summed E-state index contributed by atoms with van der Waals surface area (Å²) in [6, 6.07) is 11.1. The molecule has 1 aromatic heterocycles. The number of hydrogen-bond acceptors (Lipinski definition) is 5. The van der Waals surface area contributed by atoms with Gasteiger partial charge in [0.15, 0.2) is 6.04 Å². The Morgan fingerprint density at radius 2 is 1.97 bits per heavy atom. The fourth-order valence-electron chi connectivity index (χ4n) is 4.27. The van der Waals surface area contributed by atoms with Crippen LogP contribution >= 0.6 is 0 Å². The number of carboxylic acid groups (broad SMARTS) is 1. The number of carbonyl (C=O) groups excluding carboxylic acids is 2. The summed E-state index contributed by atoms with van der Waals surface area (Å²) in [5, 5.41) is 9.70. The summed E-state index contributed by atoms with van der Waals surface area (Å²) in [5.41, 5.74) is 7.38. The summed E-state index contributed by atoms with van der Waals surface area (Å²) in [6.07, 6.45) is 3.32. The predicted molar refractivity (Wildman–Crippen MR) is 105 cm³/mol. The molecule has 29 heavy (non-hydrogen) atoms. The van der Waals surface area contributed by atoms with Gasteiger partial charge in [-0.3, -0.25) is 4.79 Å². The van der Waals surface area contributed by atoms with Gasteiger partial charge < -0.3 is 15.7 Å². The topological polar surface area (TPSA) is 117 Å². The van der Waals surface area contributed by atoms with Crippen molar-refractivity contribution in [3.63, 3.8) is 0 Å². The maximum Gasteiger partial charge on any atom is 0.328 e. The third kappa shape index (κ3) is 3.41. The Balaban J connectivity index is 1.54. The van der Waals surface area contributed by atoms with Gasteiger partial charge in [0, 0.05) is 12.7 Å². The number of nitrogens with zero attached hydrogens (tertiary/aromatic N) is 3. The summed E-state index contributed by atoms with van der Waals surface area (Å²) in [7, 11) is 0. The highest BCUT2D eigenvalue weighted by molar-refractivity contribution is 6.07. The molecule has 8 nitrogen and oxygen atoms in total. The van der Waals surface area contributed by atoms with Crippen LogP contribution in [0.4, 0.5) is 10.6 Å². The van der Waals surface area contributed by atoms with Crippen molar-refractivity contribution in [1.29, 1.82) is 0 Å². The number of β-lactam (4-membered cyclic amide) rings is 1. The number of urea groups is 1. The fourth-order valence-corrected chi connectivity index (χ4v) is 4.27. The van der Waals surface area contributed by atoms with E-state index >= 15 is 0 Å². The number of aliphatic carboxylic acids is 1. The molecule has 3 amide bonds. The first kappa shape index (κ1) is 18.9. The first-order chi connectivity index (χ1) is 14.0. The number of anilines is 1. The normalized spacial score (nSPS) is 23.7. The van der Waals surface area contributed by atoms with Crippen LogP contribution in [0.2, 0.25) is 0 Å². The Morgan fingerprint density at radius 3 is 2.66 bits per heavy atom. The molecule has 0 bridgehead atoms. The highest BCUT2D eigenvalue weighted by Gasteiger charge is 2.56. The summed E-state index contributed by atoms with van der Waals surface area (Å²) < 4.78 is 0. The highest BCUT2D eigenvalue weighted by Crippen LogP contribution is 2.37. The largest absolute Gasteiger partial charge is 0.480 e. The number of amides is 3. The molecule has 0 radical (unpaired) electrons. The Morgan fingerprint density at radius 1 is 1.21 bits per heavy atom. The van der Waals surface area contributed by atoms with E-state index in [9.17, 15) is 19.5 Å². The van der Waals surface area contributed by atoms with Crippen LogP contribution in [0, 0.1) is 5.92 Å². The average molecular weight is 394 g/mol. The number of nitrogen functional groups attached to an aromatic ring is 1. The van der Waals surface area contributed by atoms with Crippen molar-refractivity contribution in [2.75, 3.05) is 12.3 Å². The van der Waals surface area contributed by atoms with Crippen molar-refractivity contribution < 1.29 is 19.5 Å². The number of carbonyl (C=O) groups is 3. The van der Waals surface area contributed by atoms with E-state index in [1.165, 1.54) is 6.20 Å². The second-order valence-electron chi connectivity index (χ2n) is 7.44. The minimum absolute atomic E-state index is 0.148. The van der Waals surface area contributed by atoms with Crippen LogP contribution in [-0.4, -0.2) is 50.4 Å². The molecule has 2 fully saturated rings. The van der Waals surface area contributed by atoms with Crippen molar-refractivity contribution in [1.82, 2.24) is 14.8 Å². The SMILES string of the molecule is Nc1cc(C[C@H]2C(=O)N(C(=O)N3CCCC3c3ccccc3)[C@@H]2C(=O)O)ccn1. The molecule has 1 unspecified atom stereocenters. The van der Waals surface area contributed by atoms with Gasteiger partial charge in [-0.25, -0.2) is 19.5 Å². The van der Waals surface area contributed by atoms with Crippen LogP contribution in [0.1, 0.15) is 30.0 Å². The molecule has 0 spiro atoms. The van der Waals surface area contributed by atoms with Gasteiger partial charge in [0.25, 0.3) is 0 Å². The van der Waals surface area contributed by atoms with E-state index in [-0.39, 0.29) is 12.5 Å². The van der Waals surface area contributed by atoms with Crippen molar-refractivity contribution >= 4 is 23.7 Å². The zero-order valence-corrected chi connectivity index (χ0v) is 15.8. The molecule has 4 rings (SSSR count). The standard InChI is InChI=1S/C21H22N4O4/c22-17-12-13(8-9-23-17)11-15-18(20(27)28)25(19(15)26)21(29)24-10-4-7-16(24)14-5-2-1-3-6-14/h1-3,5-6,8-9,12,15-16,18H,4,7,10-11H2,(H2,22,23)(H,27,28)/t15-,16?,18+/m1/s1. The van der Waals surface area contributed by atoms with E-state index in [1.807, 2.05) is 30.3 Å². The van der Waals surface area contributed by atoms with E-state index in [0.717, 1.165) is 28.9 Å². The van der Waals surface area contributed by atoms with Crippen molar-refractivity contribution in [2.24, 2.45) is 5.92 Å². The van der Waals surface area contributed by atoms with Crippen LogP contribution in [0.5, 0.6) is 0 Å². The molecule has 3 N–H and O–H groups in total. The van der Waals surface area contributed by atoms with Gasteiger partial charge >= 0.3 is 12.0 Å². The average Bonchev–Trinajstić information content (AvgIpc) is 3.20. The van der Waals surface area contributed by atoms with E-state index in [1.54, 1.807) is 17.0 Å². The number of nitrogens with two attached hydrogens (primary N) is 1. The fraction of sp³-hybridized carbons (Fsp3) is 0.333. The summed E-state index contributed by atoms with van der Waals surface area (Å²) >= 11 is 0. The number of carboxylic acids is 1. The molecular formula is C21H22N4O4. The zero-order chi connectivity index (χ0) is 20.5. The van der Waals surface area contributed by atoms with Gasteiger partial charge in [0.05, 0.1) is 12.0 Å². The van der Waals surface area contributed by atoms with Crippen molar-refractivity contribution in [2.45, 2.75) is 31.3 Å². The number of rotatable bonds is 4. The molecule has 2 aliphatic rings. The first-order valence-corrected chi connectivity index (χ1v) is 9.59. The van der Waals surface area contributed by atoms with Gasteiger partial charge in [-0.2, -0.15) is 0 Å². The molecule has 2 aliphatic heterocycles. The zero-order valence-electron chi connectivity index (χ0n) is 15.8. The molecule has 2 aromatic rings. The summed E-state index contributed by atoms with van der Waals surface area (Å²) in [5.74, 6) is -2.13. The maximum atomic E-state index is 13.1. The maximum absolute atomic E-state index is 13.1. The van der Waals surface area contributed by atoms with E-state index < -0.39 is 29.9 Å². The Labute approximate surface area is 167 Å². The minimum Gasteiger partial charge on any atom is -0.480 e. The Hall–Kier alpha value is -3.42. The Bertz CT molecular complexity index is 949. The van der Waals surface area contributed by atoms with E-state index in [4.69, 9.17) is 5.73 Å². The molecule has 8 heteroatoms. The molecule has 3 atom stereocenters. The summed E-state index contributed by atoms with van der Waals surface area (Å²) in [6.45, 7) is 0.500.